The molecule has 0 bridgehead atoms. The predicted octanol–water partition coefficient (Wildman–Crippen LogP) is 2.00. The minimum Gasteiger partial charge on any atom is -0.347 e. The third-order valence-electron chi connectivity index (χ3n) is 3.27. The minimum absolute atomic E-state index is 0.0946. The van der Waals surface area contributed by atoms with Crippen LogP contribution in [0.5, 0.6) is 0 Å². The van der Waals surface area contributed by atoms with Crippen molar-refractivity contribution in [2.75, 3.05) is 0 Å². The number of carbonyl (C=O) groups excluding carboxylic acids is 1. The van der Waals surface area contributed by atoms with Crippen molar-refractivity contribution in [1.29, 1.82) is 0 Å². The van der Waals surface area contributed by atoms with Crippen molar-refractivity contribution in [1.82, 2.24) is 15.5 Å². The number of aryl methyl sites for hydroxylation is 1. The SMILES string of the molecule is Cc1cc(C(=O)NC2CC2c2ccccc2)n[nH]1. The van der Waals surface area contributed by atoms with Gasteiger partial charge in [0.2, 0.25) is 0 Å². The topological polar surface area (TPSA) is 57.8 Å². The highest BCUT2D eigenvalue weighted by molar-refractivity contribution is 5.92. The number of nitrogens with zero attached hydrogens (tertiary/aromatic N) is 1. The number of H-pyrrole nitrogens is 1. The molecule has 92 valence electrons. The van der Waals surface area contributed by atoms with E-state index in [2.05, 4.69) is 27.6 Å². The standard InChI is InChI=1S/C14H15N3O/c1-9-7-13(17-16-9)14(18)15-12-8-11(12)10-5-3-2-4-6-10/h2-7,11-12H,8H2,1H3,(H,15,18)(H,16,17). The van der Waals surface area contributed by atoms with Crippen molar-refractivity contribution in [2.45, 2.75) is 25.3 Å². The normalized spacial score (nSPS) is 21.6. The molecule has 1 fully saturated rings. The first-order valence-corrected chi connectivity index (χ1v) is 6.12. The molecule has 4 nitrogen and oxygen atoms in total. The third-order valence-corrected chi connectivity index (χ3v) is 3.27. The Hall–Kier alpha value is -2.10. The first-order valence-electron chi connectivity index (χ1n) is 6.12. The Bertz CT molecular complexity index is 561. The van der Waals surface area contributed by atoms with E-state index in [1.165, 1.54) is 5.56 Å². The summed E-state index contributed by atoms with van der Waals surface area (Å²) in [5.74, 6) is 0.359. The van der Waals surface area contributed by atoms with Crippen LogP contribution in [0.25, 0.3) is 0 Å². The molecule has 0 aliphatic heterocycles. The zero-order chi connectivity index (χ0) is 12.5. The van der Waals surface area contributed by atoms with Gasteiger partial charge < -0.3 is 5.32 Å². The Morgan fingerprint density at radius 3 is 2.83 bits per heavy atom. The van der Waals surface area contributed by atoms with Gasteiger partial charge in [0.15, 0.2) is 0 Å². The molecule has 0 saturated heterocycles. The maximum absolute atomic E-state index is 11.9. The molecule has 1 aliphatic carbocycles. The van der Waals surface area contributed by atoms with Crippen LogP contribution in [0.2, 0.25) is 0 Å². The summed E-state index contributed by atoms with van der Waals surface area (Å²) in [4.78, 5) is 11.9. The van der Waals surface area contributed by atoms with Crippen LogP contribution in [0.3, 0.4) is 0 Å². The van der Waals surface area contributed by atoms with Crippen LogP contribution in [0.15, 0.2) is 36.4 Å². The molecule has 18 heavy (non-hydrogen) atoms. The minimum atomic E-state index is -0.0946. The summed E-state index contributed by atoms with van der Waals surface area (Å²) < 4.78 is 0. The maximum atomic E-state index is 11.9. The number of hydrogen-bond donors (Lipinski definition) is 2. The summed E-state index contributed by atoms with van der Waals surface area (Å²) in [6.45, 7) is 1.88. The summed E-state index contributed by atoms with van der Waals surface area (Å²) in [7, 11) is 0. The van der Waals surface area contributed by atoms with Crippen LogP contribution >= 0.6 is 0 Å². The van der Waals surface area contributed by atoms with Gasteiger partial charge in [-0.25, -0.2) is 0 Å². The fourth-order valence-corrected chi connectivity index (χ4v) is 2.20. The number of carbonyl (C=O) groups is 1. The van der Waals surface area contributed by atoms with Crippen molar-refractivity contribution in [3.8, 4) is 0 Å². The zero-order valence-corrected chi connectivity index (χ0v) is 10.2. The Morgan fingerprint density at radius 2 is 2.17 bits per heavy atom. The second-order valence-corrected chi connectivity index (χ2v) is 4.77. The quantitative estimate of drug-likeness (QED) is 0.863. The maximum Gasteiger partial charge on any atom is 0.272 e. The molecular formula is C14H15N3O. The fraction of sp³-hybridized carbons (Fsp3) is 0.286. The highest BCUT2D eigenvalue weighted by Crippen LogP contribution is 2.40. The van der Waals surface area contributed by atoms with Crippen molar-refractivity contribution in [3.63, 3.8) is 0 Å². The lowest BCUT2D eigenvalue weighted by atomic mass is 10.1. The summed E-state index contributed by atoms with van der Waals surface area (Å²) in [5.41, 5.74) is 2.66. The third kappa shape index (κ3) is 2.14. The van der Waals surface area contributed by atoms with E-state index in [0.717, 1.165) is 12.1 Å². The smallest absolute Gasteiger partial charge is 0.272 e. The Labute approximate surface area is 105 Å². The number of benzene rings is 1. The molecule has 1 aromatic carbocycles. The summed E-state index contributed by atoms with van der Waals surface area (Å²) in [6, 6.07) is 12.3. The summed E-state index contributed by atoms with van der Waals surface area (Å²) in [5, 5.41) is 9.74. The molecular weight excluding hydrogens is 226 g/mol. The van der Waals surface area contributed by atoms with Crippen molar-refractivity contribution >= 4 is 5.91 Å². The largest absolute Gasteiger partial charge is 0.347 e. The van der Waals surface area contributed by atoms with E-state index in [1.807, 2.05) is 25.1 Å². The molecule has 4 heteroatoms. The number of amides is 1. The van der Waals surface area contributed by atoms with Gasteiger partial charge in [-0.15, -0.1) is 0 Å². The highest BCUT2D eigenvalue weighted by Gasteiger charge is 2.39. The van der Waals surface area contributed by atoms with Gasteiger partial charge in [-0.3, -0.25) is 9.89 Å². The van der Waals surface area contributed by atoms with Gasteiger partial charge in [0, 0.05) is 17.7 Å². The molecule has 0 radical (unpaired) electrons. The molecule has 2 atom stereocenters. The number of hydrogen-bond acceptors (Lipinski definition) is 2. The number of nitrogens with one attached hydrogen (secondary N) is 2. The van der Waals surface area contributed by atoms with E-state index in [9.17, 15) is 4.79 Å². The van der Waals surface area contributed by atoms with Crippen LogP contribution < -0.4 is 5.32 Å². The van der Waals surface area contributed by atoms with Crippen LogP contribution in [0, 0.1) is 6.92 Å². The van der Waals surface area contributed by atoms with Gasteiger partial charge in [0.25, 0.3) is 5.91 Å². The van der Waals surface area contributed by atoms with Crippen LogP contribution in [0.4, 0.5) is 0 Å². The second-order valence-electron chi connectivity index (χ2n) is 4.77. The van der Waals surface area contributed by atoms with E-state index in [1.54, 1.807) is 6.07 Å². The molecule has 1 aromatic heterocycles. The lowest BCUT2D eigenvalue weighted by Gasteiger charge is -2.02. The average Bonchev–Trinajstić information content (AvgIpc) is 3.01. The molecule has 1 heterocycles. The van der Waals surface area contributed by atoms with E-state index >= 15 is 0 Å². The van der Waals surface area contributed by atoms with E-state index < -0.39 is 0 Å². The summed E-state index contributed by atoms with van der Waals surface area (Å²) >= 11 is 0. The Kier molecular flexibility index (Phi) is 2.63. The number of rotatable bonds is 3. The summed E-state index contributed by atoms with van der Waals surface area (Å²) in [6.07, 6.45) is 1.01. The monoisotopic (exact) mass is 241 g/mol. The van der Waals surface area contributed by atoms with E-state index in [-0.39, 0.29) is 11.9 Å². The molecule has 2 N–H and O–H groups in total. The lowest BCUT2D eigenvalue weighted by molar-refractivity contribution is 0.0945. The first kappa shape index (κ1) is 11.0. The second kappa shape index (κ2) is 4.29. The number of aromatic nitrogens is 2. The molecule has 0 spiro atoms. The van der Waals surface area contributed by atoms with E-state index in [4.69, 9.17) is 0 Å². The van der Waals surface area contributed by atoms with Crippen LogP contribution in [0.1, 0.15) is 34.1 Å². The van der Waals surface area contributed by atoms with Crippen molar-refractivity contribution in [3.05, 3.63) is 53.3 Å². The van der Waals surface area contributed by atoms with Crippen LogP contribution in [-0.4, -0.2) is 22.1 Å². The highest BCUT2D eigenvalue weighted by atomic mass is 16.2. The van der Waals surface area contributed by atoms with Gasteiger partial charge in [-0.2, -0.15) is 5.10 Å². The molecule has 1 amide bonds. The van der Waals surface area contributed by atoms with Gasteiger partial charge in [-0.05, 0) is 25.0 Å². The van der Waals surface area contributed by atoms with Crippen LogP contribution in [-0.2, 0) is 0 Å². The zero-order valence-electron chi connectivity index (χ0n) is 10.2. The van der Waals surface area contributed by atoms with Crippen molar-refractivity contribution < 1.29 is 4.79 Å². The van der Waals surface area contributed by atoms with Gasteiger partial charge in [0.05, 0.1) is 0 Å². The van der Waals surface area contributed by atoms with Gasteiger partial charge >= 0.3 is 0 Å². The fourth-order valence-electron chi connectivity index (χ4n) is 2.20. The Morgan fingerprint density at radius 1 is 1.39 bits per heavy atom. The first-order chi connectivity index (χ1) is 8.74. The molecule has 2 aromatic rings. The molecule has 3 rings (SSSR count). The van der Waals surface area contributed by atoms with Crippen molar-refractivity contribution in [2.24, 2.45) is 0 Å². The predicted molar refractivity (Wildman–Crippen MR) is 68.4 cm³/mol. The number of aromatic amines is 1. The molecule has 1 saturated carbocycles. The van der Waals surface area contributed by atoms with E-state index in [0.29, 0.717) is 11.6 Å². The Balaban J connectivity index is 1.62. The average molecular weight is 241 g/mol. The molecule has 2 unspecified atom stereocenters. The van der Waals surface area contributed by atoms with Gasteiger partial charge in [-0.1, -0.05) is 30.3 Å². The molecule has 1 aliphatic rings. The van der Waals surface area contributed by atoms with Gasteiger partial charge in [0.1, 0.15) is 5.69 Å². The lowest BCUT2D eigenvalue weighted by Crippen LogP contribution is -2.26.